The van der Waals surface area contributed by atoms with Gasteiger partial charge < -0.3 is 19.9 Å². The number of guanidine groups is 1. The smallest absolute Gasteiger partial charge is 0.243 e. The third-order valence-electron chi connectivity index (χ3n) is 5.02. The van der Waals surface area contributed by atoms with Crippen LogP contribution in [0.5, 0.6) is 0 Å². The highest BCUT2D eigenvalue weighted by atomic mass is 16.5. The third-order valence-corrected chi connectivity index (χ3v) is 5.02. The first-order chi connectivity index (χ1) is 10.6. The molecule has 22 heavy (non-hydrogen) atoms. The van der Waals surface area contributed by atoms with E-state index in [4.69, 9.17) is 4.74 Å². The highest BCUT2D eigenvalue weighted by Crippen LogP contribution is 2.47. The molecular weight excluding hydrogens is 280 g/mol. The van der Waals surface area contributed by atoms with Gasteiger partial charge in [0.05, 0.1) is 12.2 Å². The van der Waals surface area contributed by atoms with Crippen LogP contribution in [0.4, 0.5) is 0 Å². The molecule has 1 N–H and O–H groups in total. The fourth-order valence-electron chi connectivity index (χ4n) is 3.85. The Balaban J connectivity index is 1.66. The van der Waals surface area contributed by atoms with Crippen molar-refractivity contribution < 1.29 is 9.53 Å². The molecule has 3 heterocycles. The van der Waals surface area contributed by atoms with Gasteiger partial charge in [0.2, 0.25) is 5.91 Å². The van der Waals surface area contributed by atoms with Crippen LogP contribution < -0.4 is 5.32 Å². The lowest BCUT2D eigenvalue weighted by atomic mass is 9.82. The Labute approximate surface area is 132 Å². The summed E-state index contributed by atoms with van der Waals surface area (Å²) in [7, 11) is 3.51. The van der Waals surface area contributed by atoms with Crippen LogP contribution in [-0.2, 0) is 9.53 Å². The molecule has 4 unspecified atom stereocenters. The van der Waals surface area contributed by atoms with Crippen molar-refractivity contribution >= 4 is 11.9 Å². The minimum Gasteiger partial charge on any atom is -0.374 e. The van der Waals surface area contributed by atoms with Gasteiger partial charge in [-0.1, -0.05) is 6.08 Å². The maximum absolute atomic E-state index is 11.8. The highest BCUT2D eigenvalue weighted by Gasteiger charge is 2.53. The number of fused-ring (bicyclic) bond motifs is 5. The van der Waals surface area contributed by atoms with E-state index in [2.05, 4.69) is 21.8 Å². The van der Waals surface area contributed by atoms with E-state index in [9.17, 15) is 4.79 Å². The second kappa shape index (κ2) is 6.28. The number of amides is 1. The summed E-state index contributed by atoms with van der Waals surface area (Å²) < 4.78 is 6.01. The molecule has 2 bridgehead atoms. The number of likely N-dealkylation sites (N-methyl/N-ethyl adjacent to an activating group) is 1. The number of aliphatic imine (C=N–C) groups is 1. The van der Waals surface area contributed by atoms with E-state index in [1.54, 1.807) is 19.0 Å². The van der Waals surface area contributed by atoms with Crippen LogP contribution in [0.15, 0.2) is 17.6 Å². The zero-order chi connectivity index (χ0) is 15.7. The van der Waals surface area contributed by atoms with Crippen molar-refractivity contribution in [3.05, 3.63) is 12.7 Å². The molecule has 3 aliphatic heterocycles. The van der Waals surface area contributed by atoms with Gasteiger partial charge in [0, 0.05) is 45.6 Å². The summed E-state index contributed by atoms with van der Waals surface area (Å²) in [6, 6.07) is 0. The normalized spacial score (nSPS) is 33.0. The van der Waals surface area contributed by atoms with Gasteiger partial charge in [-0.15, -0.1) is 6.58 Å². The Bertz CT molecular complexity index is 459. The fraction of sp³-hybridized carbons (Fsp3) is 0.750. The van der Waals surface area contributed by atoms with E-state index in [0.29, 0.717) is 30.6 Å². The van der Waals surface area contributed by atoms with Crippen LogP contribution >= 0.6 is 0 Å². The fourth-order valence-corrected chi connectivity index (χ4v) is 3.85. The van der Waals surface area contributed by atoms with Gasteiger partial charge >= 0.3 is 0 Å². The number of rotatable bonds is 4. The predicted octanol–water partition coefficient (Wildman–Crippen LogP) is 0.315. The second-order valence-electron chi connectivity index (χ2n) is 6.62. The van der Waals surface area contributed by atoms with Crippen molar-refractivity contribution in [2.75, 3.05) is 40.3 Å². The number of hydrogen-bond donors (Lipinski definition) is 1. The Hall–Kier alpha value is -1.56. The molecule has 4 atom stereocenters. The van der Waals surface area contributed by atoms with Crippen LogP contribution in [0.25, 0.3) is 0 Å². The average Bonchev–Trinajstić information content (AvgIpc) is 3.19. The Kier molecular flexibility index (Phi) is 4.38. The molecule has 3 saturated heterocycles. The minimum atomic E-state index is 0.0145. The summed E-state index contributed by atoms with van der Waals surface area (Å²) in [5.41, 5.74) is 0. The van der Waals surface area contributed by atoms with Crippen LogP contribution in [0, 0.1) is 11.8 Å². The number of ether oxygens (including phenoxy) is 1. The summed E-state index contributed by atoms with van der Waals surface area (Å²) in [6.07, 6.45) is 5.08. The van der Waals surface area contributed by atoms with Crippen LogP contribution in [0.1, 0.15) is 12.8 Å². The highest BCUT2D eigenvalue weighted by molar-refractivity contribution is 5.85. The lowest BCUT2D eigenvalue weighted by Crippen LogP contribution is -2.42. The molecule has 0 aromatic rings. The van der Waals surface area contributed by atoms with E-state index in [-0.39, 0.29) is 12.5 Å². The molecule has 0 radical (unpaired) electrons. The molecule has 0 spiro atoms. The molecule has 1 amide bonds. The summed E-state index contributed by atoms with van der Waals surface area (Å²) in [5.74, 6) is 2.09. The largest absolute Gasteiger partial charge is 0.374 e. The Morgan fingerprint density at radius 2 is 2.00 bits per heavy atom. The first-order valence-corrected chi connectivity index (χ1v) is 8.10. The molecule has 6 heteroatoms. The lowest BCUT2D eigenvalue weighted by Gasteiger charge is -2.23. The van der Waals surface area contributed by atoms with Gasteiger partial charge in [-0.05, 0) is 12.8 Å². The number of nitrogens with one attached hydrogen (secondary N) is 1. The molecule has 0 aromatic carbocycles. The predicted molar refractivity (Wildman–Crippen MR) is 85.6 cm³/mol. The van der Waals surface area contributed by atoms with E-state index >= 15 is 0 Å². The first kappa shape index (κ1) is 15.3. The van der Waals surface area contributed by atoms with Gasteiger partial charge in [-0.25, -0.2) is 4.99 Å². The van der Waals surface area contributed by atoms with Gasteiger partial charge in [0.15, 0.2) is 5.96 Å². The Morgan fingerprint density at radius 1 is 1.36 bits per heavy atom. The summed E-state index contributed by atoms with van der Waals surface area (Å²) in [4.78, 5) is 20.2. The van der Waals surface area contributed by atoms with Gasteiger partial charge in [-0.2, -0.15) is 0 Å². The monoisotopic (exact) mass is 306 g/mol. The first-order valence-electron chi connectivity index (χ1n) is 8.10. The molecule has 0 aliphatic carbocycles. The lowest BCUT2D eigenvalue weighted by molar-refractivity contribution is -0.127. The van der Waals surface area contributed by atoms with E-state index < -0.39 is 0 Å². The summed E-state index contributed by atoms with van der Waals surface area (Å²) in [6.45, 7) is 6.54. The van der Waals surface area contributed by atoms with Crippen LogP contribution in [-0.4, -0.2) is 74.1 Å². The number of hydrogen-bond acceptors (Lipinski definition) is 3. The van der Waals surface area contributed by atoms with Crippen LogP contribution in [0.3, 0.4) is 0 Å². The second-order valence-corrected chi connectivity index (χ2v) is 6.62. The van der Waals surface area contributed by atoms with Crippen molar-refractivity contribution in [2.45, 2.75) is 25.0 Å². The maximum Gasteiger partial charge on any atom is 0.243 e. The molecule has 3 fully saturated rings. The average molecular weight is 306 g/mol. The van der Waals surface area contributed by atoms with Crippen LogP contribution in [0.2, 0.25) is 0 Å². The van der Waals surface area contributed by atoms with Crippen molar-refractivity contribution in [2.24, 2.45) is 16.8 Å². The van der Waals surface area contributed by atoms with Gasteiger partial charge in [-0.3, -0.25) is 4.79 Å². The molecule has 0 saturated carbocycles. The molecule has 122 valence electrons. The van der Waals surface area contributed by atoms with Crippen molar-refractivity contribution in [3.63, 3.8) is 0 Å². The topological polar surface area (TPSA) is 57.2 Å². The quantitative estimate of drug-likeness (QED) is 0.461. The van der Waals surface area contributed by atoms with Gasteiger partial charge in [0.25, 0.3) is 0 Å². The molecule has 6 nitrogen and oxygen atoms in total. The van der Waals surface area contributed by atoms with Crippen molar-refractivity contribution in [3.8, 4) is 0 Å². The number of carbonyl (C=O) groups is 1. The number of carbonyl (C=O) groups excluding carboxylic acids is 1. The number of nitrogens with zero attached hydrogens (tertiary/aromatic N) is 3. The molecule has 3 rings (SSSR count). The Morgan fingerprint density at radius 3 is 2.55 bits per heavy atom. The summed E-state index contributed by atoms with van der Waals surface area (Å²) >= 11 is 0. The van der Waals surface area contributed by atoms with Crippen molar-refractivity contribution in [1.29, 1.82) is 0 Å². The number of likely N-dealkylation sites (tertiary alicyclic amines) is 1. The zero-order valence-corrected chi connectivity index (χ0v) is 13.5. The molecule has 3 aliphatic rings. The zero-order valence-electron chi connectivity index (χ0n) is 13.5. The molecular formula is C16H26N4O2. The SMILES string of the molecule is C=CCNC(=NCC(=O)N(C)C)N1CC2C3CCC(O3)C2C1. The third kappa shape index (κ3) is 2.84. The van der Waals surface area contributed by atoms with E-state index in [0.717, 1.165) is 19.0 Å². The molecule has 0 aromatic heterocycles. The minimum absolute atomic E-state index is 0.0145. The van der Waals surface area contributed by atoms with E-state index in [1.807, 2.05) is 6.08 Å². The van der Waals surface area contributed by atoms with E-state index in [1.165, 1.54) is 12.8 Å². The van der Waals surface area contributed by atoms with Crippen molar-refractivity contribution in [1.82, 2.24) is 15.1 Å². The summed E-state index contributed by atoms with van der Waals surface area (Å²) in [5, 5.41) is 3.29. The maximum atomic E-state index is 11.8. The standard InChI is InChI=1S/C16H26N4O2/c1-4-7-17-16(18-8-15(21)19(2)3)20-9-11-12(10-20)14-6-5-13(11)22-14/h4,11-14H,1,5-10H2,2-3H3,(H,17,18). The van der Waals surface area contributed by atoms with Gasteiger partial charge in [0.1, 0.15) is 6.54 Å².